The predicted molar refractivity (Wildman–Crippen MR) is 80.4 cm³/mol. The minimum atomic E-state index is -0.417. The molecular weight excluding hydrogens is 240 g/mol. The molecule has 19 heavy (non-hydrogen) atoms. The summed E-state index contributed by atoms with van der Waals surface area (Å²) in [5.41, 5.74) is -0.417. The van der Waals surface area contributed by atoms with Gasteiger partial charge in [0.1, 0.15) is 5.60 Å². The van der Waals surface area contributed by atoms with Crippen LogP contribution in [-0.2, 0) is 4.74 Å². The summed E-state index contributed by atoms with van der Waals surface area (Å²) in [5.74, 6) is 0.730. The molecule has 4 nitrogen and oxygen atoms in total. The Morgan fingerprint density at radius 1 is 1.37 bits per heavy atom. The molecule has 0 aromatic carbocycles. The molecule has 0 spiro atoms. The molecule has 0 heterocycles. The van der Waals surface area contributed by atoms with Crippen LogP contribution in [0.25, 0.3) is 0 Å². The van der Waals surface area contributed by atoms with Crippen molar-refractivity contribution in [2.75, 3.05) is 26.7 Å². The summed E-state index contributed by atoms with van der Waals surface area (Å²) in [4.78, 5) is 13.3. The fourth-order valence-corrected chi connectivity index (χ4v) is 1.82. The molecule has 1 atom stereocenters. The quantitative estimate of drug-likeness (QED) is 0.690. The molecule has 0 radical (unpaired) electrons. The fraction of sp³-hybridized carbons (Fsp3) is 0.933. The van der Waals surface area contributed by atoms with E-state index in [1.54, 1.807) is 11.9 Å². The first kappa shape index (κ1) is 18.2. The van der Waals surface area contributed by atoms with Gasteiger partial charge >= 0.3 is 6.09 Å². The number of carbonyl (C=O) groups is 1. The molecule has 1 amide bonds. The Bertz CT molecular complexity index is 249. The molecule has 0 fully saturated rings. The summed E-state index contributed by atoms with van der Waals surface area (Å²) >= 11 is 0. The van der Waals surface area contributed by atoms with Gasteiger partial charge in [0.05, 0.1) is 0 Å². The van der Waals surface area contributed by atoms with Crippen LogP contribution in [0.4, 0.5) is 4.79 Å². The van der Waals surface area contributed by atoms with Crippen LogP contribution in [0.15, 0.2) is 0 Å². The van der Waals surface area contributed by atoms with E-state index in [2.05, 4.69) is 19.2 Å². The van der Waals surface area contributed by atoms with Crippen LogP contribution < -0.4 is 5.32 Å². The first-order chi connectivity index (χ1) is 8.76. The maximum absolute atomic E-state index is 11.7. The second kappa shape index (κ2) is 9.18. The number of hydrogen-bond acceptors (Lipinski definition) is 3. The number of nitrogens with zero attached hydrogens (tertiary/aromatic N) is 1. The zero-order valence-corrected chi connectivity index (χ0v) is 13.6. The van der Waals surface area contributed by atoms with Crippen molar-refractivity contribution in [3.63, 3.8) is 0 Å². The van der Waals surface area contributed by atoms with Crippen LogP contribution >= 0.6 is 0 Å². The van der Waals surface area contributed by atoms with E-state index in [1.807, 2.05) is 20.8 Å². The first-order valence-electron chi connectivity index (χ1n) is 7.41. The molecule has 114 valence electrons. The highest BCUT2D eigenvalue weighted by Crippen LogP contribution is 2.09. The molecule has 0 bridgehead atoms. The number of amides is 1. The van der Waals surface area contributed by atoms with Crippen LogP contribution in [0.1, 0.15) is 53.9 Å². The summed E-state index contributed by atoms with van der Waals surface area (Å²) in [5, 5.41) is 3.43. The van der Waals surface area contributed by atoms with Crippen molar-refractivity contribution in [2.24, 2.45) is 5.92 Å². The molecule has 0 saturated heterocycles. The highest BCUT2D eigenvalue weighted by atomic mass is 16.6. The summed E-state index contributed by atoms with van der Waals surface area (Å²) in [6.45, 7) is 12.9. The largest absolute Gasteiger partial charge is 0.444 e. The van der Waals surface area contributed by atoms with Gasteiger partial charge in [-0.25, -0.2) is 4.79 Å². The van der Waals surface area contributed by atoms with E-state index >= 15 is 0 Å². The van der Waals surface area contributed by atoms with Crippen molar-refractivity contribution < 1.29 is 9.53 Å². The van der Waals surface area contributed by atoms with Crippen LogP contribution in [0, 0.1) is 5.92 Å². The monoisotopic (exact) mass is 272 g/mol. The van der Waals surface area contributed by atoms with Gasteiger partial charge in [-0.1, -0.05) is 20.3 Å². The third-order valence-electron chi connectivity index (χ3n) is 2.83. The standard InChI is InChI=1S/C15H32N2O2/c1-7-9-13(2)12-16-10-8-11-17(6)14(18)19-15(3,4)5/h13,16H,7-12H2,1-6H3. The van der Waals surface area contributed by atoms with Gasteiger partial charge in [0.2, 0.25) is 0 Å². The lowest BCUT2D eigenvalue weighted by Crippen LogP contribution is -2.35. The van der Waals surface area contributed by atoms with E-state index in [0.717, 1.165) is 32.0 Å². The highest BCUT2D eigenvalue weighted by molar-refractivity contribution is 5.67. The van der Waals surface area contributed by atoms with Crippen LogP contribution in [0.2, 0.25) is 0 Å². The molecule has 1 unspecified atom stereocenters. The Morgan fingerprint density at radius 2 is 2.00 bits per heavy atom. The predicted octanol–water partition coefficient (Wildman–Crippen LogP) is 3.27. The average molecular weight is 272 g/mol. The molecule has 0 aromatic heterocycles. The zero-order valence-electron chi connectivity index (χ0n) is 13.6. The summed E-state index contributed by atoms with van der Waals surface area (Å²) in [6.07, 6.45) is 3.22. The molecule has 0 aliphatic carbocycles. The van der Waals surface area contributed by atoms with Crippen molar-refractivity contribution in [1.82, 2.24) is 10.2 Å². The summed E-state index contributed by atoms with van der Waals surface area (Å²) < 4.78 is 5.29. The van der Waals surface area contributed by atoms with E-state index in [4.69, 9.17) is 4.74 Å². The first-order valence-corrected chi connectivity index (χ1v) is 7.41. The number of hydrogen-bond donors (Lipinski definition) is 1. The lowest BCUT2D eigenvalue weighted by Gasteiger charge is -2.24. The van der Waals surface area contributed by atoms with Gasteiger partial charge in [0.25, 0.3) is 0 Å². The maximum atomic E-state index is 11.7. The van der Waals surface area contributed by atoms with Crippen molar-refractivity contribution in [3.8, 4) is 0 Å². The van der Waals surface area contributed by atoms with Crippen LogP contribution in [-0.4, -0.2) is 43.3 Å². The minimum Gasteiger partial charge on any atom is -0.444 e. The maximum Gasteiger partial charge on any atom is 0.410 e. The van der Waals surface area contributed by atoms with E-state index in [9.17, 15) is 4.79 Å². The van der Waals surface area contributed by atoms with Gasteiger partial charge in [-0.15, -0.1) is 0 Å². The highest BCUT2D eigenvalue weighted by Gasteiger charge is 2.18. The molecule has 4 heteroatoms. The Morgan fingerprint density at radius 3 is 2.53 bits per heavy atom. The van der Waals surface area contributed by atoms with Crippen molar-refractivity contribution in [2.45, 2.75) is 59.5 Å². The van der Waals surface area contributed by atoms with Gasteiger partial charge in [0.15, 0.2) is 0 Å². The van der Waals surface area contributed by atoms with Gasteiger partial charge in [-0.3, -0.25) is 0 Å². The molecule has 1 N–H and O–H groups in total. The number of nitrogens with one attached hydrogen (secondary N) is 1. The third kappa shape index (κ3) is 10.8. The van der Waals surface area contributed by atoms with Gasteiger partial charge in [-0.2, -0.15) is 0 Å². The third-order valence-corrected chi connectivity index (χ3v) is 2.83. The molecule has 0 aromatic rings. The Hall–Kier alpha value is -0.770. The van der Waals surface area contributed by atoms with E-state index < -0.39 is 5.60 Å². The SMILES string of the molecule is CCCC(C)CNCCCN(C)C(=O)OC(C)(C)C. The number of ether oxygens (including phenoxy) is 1. The summed E-state index contributed by atoms with van der Waals surface area (Å²) in [7, 11) is 1.79. The van der Waals surface area contributed by atoms with Crippen molar-refractivity contribution in [1.29, 1.82) is 0 Å². The average Bonchev–Trinajstić information content (AvgIpc) is 2.26. The normalized spacial score (nSPS) is 13.2. The van der Waals surface area contributed by atoms with Gasteiger partial charge in [0, 0.05) is 13.6 Å². The zero-order chi connectivity index (χ0) is 14.9. The second-order valence-electron chi connectivity index (χ2n) is 6.35. The molecule has 0 rings (SSSR count). The smallest absolute Gasteiger partial charge is 0.410 e. The van der Waals surface area contributed by atoms with Crippen LogP contribution in [0.3, 0.4) is 0 Å². The van der Waals surface area contributed by atoms with Crippen molar-refractivity contribution in [3.05, 3.63) is 0 Å². The lowest BCUT2D eigenvalue weighted by atomic mass is 10.1. The van der Waals surface area contributed by atoms with Gasteiger partial charge < -0.3 is 15.0 Å². The van der Waals surface area contributed by atoms with E-state index in [-0.39, 0.29) is 6.09 Å². The second-order valence-corrected chi connectivity index (χ2v) is 6.35. The lowest BCUT2D eigenvalue weighted by molar-refractivity contribution is 0.0297. The minimum absolute atomic E-state index is 0.244. The molecule has 0 aliphatic heterocycles. The Balaban J connectivity index is 3.63. The van der Waals surface area contributed by atoms with E-state index in [0.29, 0.717) is 0 Å². The number of rotatable bonds is 8. The molecule has 0 saturated carbocycles. The molecule has 0 aliphatic rings. The Labute approximate surface area is 118 Å². The van der Waals surface area contributed by atoms with E-state index in [1.165, 1.54) is 12.8 Å². The topological polar surface area (TPSA) is 41.6 Å². The Kier molecular flexibility index (Phi) is 8.81. The summed E-state index contributed by atoms with van der Waals surface area (Å²) in [6, 6.07) is 0. The van der Waals surface area contributed by atoms with Crippen LogP contribution in [0.5, 0.6) is 0 Å². The van der Waals surface area contributed by atoms with Crippen molar-refractivity contribution >= 4 is 6.09 Å². The number of carbonyl (C=O) groups excluding carboxylic acids is 1. The fourth-order valence-electron chi connectivity index (χ4n) is 1.82. The molecular formula is C15H32N2O2. The van der Waals surface area contributed by atoms with Gasteiger partial charge in [-0.05, 0) is 52.6 Å².